The molecule has 8 heteroatoms. The van der Waals surface area contributed by atoms with Gasteiger partial charge in [-0.05, 0) is 60.5 Å². The second-order valence-electron chi connectivity index (χ2n) is 8.26. The number of benzene rings is 1. The van der Waals surface area contributed by atoms with Gasteiger partial charge in [0.25, 0.3) is 5.91 Å². The molecule has 0 saturated heterocycles. The lowest BCUT2D eigenvalue weighted by Gasteiger charge is -2.37. The van der Waals surface area contributed by atoms with Gasteiger partial charge in [-0.15, -0.1) is 11.3 Å². The number of amides is 2. The van der Waals surface area contributed by atoms with Crippen LogP contribution in [0.1, 0.15) is 39.9 Å². The van der Waals surface area contributed by atoms with Gasteiger partial charge >= 0.3 is 0 Å². The molecule has 33 heavy (non-hydrogen) atoms. The first-order valence-corrected chi connectivity index (χ1v) is 12.0. The summed E-state index contributed by atoms with van der Waals surface area (Å²) < 4.78 is 16.8. The van der Waals surface area contributed by atoms with E-state index in [4.69, 9.17) is 13.9 Å². The van der Waals surface area contributed by atoms with Crippen molar-refractivity contribution in [1.82, 2.24) is 9.80 Å². The molecule has 0 N–H and O–H groups in total. The molecule has 0 bridgehead atoms. The van der Waals surface area contributed by atoms with Gasteiger partial charge in [-0.3, -0.25) is 9.59 Å². The maximum absolute atomic E-state index is 13.5. The Bertz CT molecular complexity index is 1120. The van der Waals surface area contributed by atoms with Crippen molar-refractivity contribution in [3.63, 3.8) is 0 Å². The molecular weight excluding hydrogens is 440 g/mol. The zero-order valence-electron chi connectivity index (χ0n) is 18.4. The Labute approximate surface area is 196 Å². The number of methoxy groups -OCH3 is 1. The lowest BCUT2D eigenvalue weighted by Crippen LogP contribution is -2.48. The van der Waals surface area contributed by atoms with E-state index in [0.717, 1.165) is 24.8 Å². The third-order valence-corrected chi connectivity index (χ3v) is 7.16. The van der Waals surface area contributed by atoms with Crippen molar-refractivity contribution >= 4 is 23.2 Å². The molecule has 0 radical (unpaired) electrons. The molecule has 1 atom stereocenters. The fourth-order valence-electron chi connectivity index (χ4n) is 4.31. The molecule has 2 aliphatic rings. The number of nitrogens with zero attached hydrogens (tertiary/aromatic N) is 2. The second-order valence-corrected chi connectivity index (χ2v) is 9.26. The van der Waals surface area contributed by atoms with E-state index in [1.165, 1.54) is 11.1 Å². The van der Waals surface area contributed by atoms with Gasteiger partial charge in [0.1, 0.15) is 13.2 Å². The fraction of sp³-hybridized carbons (Fsp3) is 0.360. The van der Waals surface area contributed by atoms with Crippen LogP contribution in [-0.2, 0) is 11.2 Å². The van der Waals surface area contributed by atoms with Crippen LogP contribution in [-0.4, -0.2) is 54.5 Å². The van der Waals surface area contributed by atoms with E-state index < -0.39 is 0 Å². The van der Waals surface area contributed by atoms with Crippen LogP contribution in [0.2, 0.25) is 0 Å². The molecule has 2 aromatic heterocycles. The van der Waals surface area contributed by atoms with Gasteiger partial charge in [-0.2, -0.15) is 0 Å². The zero-order valence-corrected chi connectivity index (χ0v) is 19.3. The van der Waals surface area contributed by atoms with E-state index >= 15 is 0 Å². The van der Waals surface area contributed by atoms with Gasteiger partial charge in [-0.1, -0.05) is 12.1 Å². The van der Waals surface area contributed by atoms with Crippen LogP contribution < -0.4 is 9.47 Å². The molecule has 3 aromatic rings. The van der Waals surface area contributed by atoms with Gasteiger partial charge in [0.05, 0.1) is 19.4 Å². The van der Waals surface area contributed by atoms with E-state index in [1.807, 2.05) is 29.2 Å². The van der Waals surface area contributed by atoms with Crippen molar-refractivity contribution in [3.05, 3.63) is 70.3 Å². The molecule has 2 amide bonds. The highest BCUT2D eigenvalue weighted by Crippen LogP contribution is 2.36. The van der Waals surface area contributed by atoms with Crippen molar-refractivity contribution in [3.8, 4) is 11.5 Å². The minimum absolute atomic E-state index is 0.0365. The first-order valence-electron chi connectivity index (χ1n) is 11.1. The van der Waals surface area contributed by atoms with Gasteiger partial charge in [0, 0.05) is 17.5 Å². The van der Waals surface area contributed by atoms with Gasteiger partial charge in [0.2, 0.25) is 5.91 Å². The molecule has 1 fully saturated rings. The Balaban J connectivity index is 1.35. The molecule has 1 aliphatic carbocycles. The largest absolute Gasteiger partial charge is 0.493 e. The van der Waals surface area contributed by atoms with E-state index in [2.05, 4.69) is 11.4 Å². The maximum atomic E-state index is 13.5. The predicted molar refractivity (Wildman–Crippen MR) is 124 cm³/mol. The molecule has 1 saturated carbocycles. The number of hydrogen-bond acceptors (Lipinski definition) is 6. The quantitative estimate of drug-likeness (QED) is 0.499. The molecule has 0 spiro atoms. The number of ether oxygens (including phenoxy) is 2. The first-order chi connectivity index (χ1) is 16.2. The molecule has 172 valence electrons. The predicted octanol–water partition coefficient (Wildman–Crippen LogP) is 4.16. The number of carbonyl (C=O) groups excluding carboxylic acids is 2. The lowest BCUT2D eigenvalue weighted by atomic mass is 10.0. The van der Waals surface area contributed by atoms with Crippen LogP contribution in [0.5, 0.6) is 11.5 Å². The van der Waals surface area contributed by atoms with Crippen molar-refractivity contribution in [2.24, 2.45) is 0 Å². The Morgan fingerprint density at radius 1 is 1.15 bits per heavy atom. The standard InChI is InChI=1S/C25H26N2O5S/c1-30-20-5-2-3-6-21(20)32-16-19-18-11-14-33-23(18)10-12-26(19)24(28)15-27(17-8-9-17)25(29)22-7-4-13-31-22/h2-7,11,13-14,17,19H,8-10,12,15-16H2,1H3. The van der Waals surface area contributed by atoms with Crippen LogP contribution in [0.4, 0.5) is 0 Å². The number of rotatable bonds is 8. The van der Waals surface area contributed by atoms with Crippen molar-refractivity contribution in [2.45, 2.75) is 31.3 Å². The number of hydrogen-bond donors (Lipinski definition) is 0. The number of furan rings is 1. The average Bonchev–Trinajstić information content (AvgIpc) is 3.32. The number of thiophene rings is 1. The number of fused-ring (bicyclic) bond motifs is 1. The van der Waals surface area contributed by atoms with Crippen LogP contribution in [0.25, 0.3) is 0 Å². The summed E-state index contributed by atoms with van der Waals surface area (Å²) in [5.41, 5.74) is 1.12. The van der Waals surface area contributed by atoms with Crippen molar-refractivity contribution in [2.75, 3.05) is 26.8 Å². The summed E-state index contributed by atoms with van der Waals surface area (Å²) in [5.74, 6) is 1.26. The molecule has 3 heterocycles. The first kappa shape index (κ1) is 21.6. The average molecular weight is 467 g/mol. The Morgan fingerprint density at radius 2 is 1.97 bits per heavy atom. The Kier molecular flexibility index (Phi) is 6.09. The van der Waals surface area contributed by atoms with Gasteiger partial charge in [-0.25, -0.2) is 0 Å². The summed E-state index contributed by atoms with van der Waals surface area (Å²) in [5, 5.41) is 2.06. The fourth-order valence-corrected chi connectivity index (χ4v) is 5.24. The smallest absolute Gasteiger partial charge is 0.290 e. The summed E-state index contributed by atoms with van der Waals surface area (Å²) >= 11 is 1.71. The second kappa shape index (κ2) is 9.31. The molecule has 1 unspecified atom stereocenters. The monoisotopic (exact) mass is 466 g/mol. The summed E-state index contributed by atoms with van der Waals surface area (Å²) in [6.07, 6.45) is 4.11. The minimum atomic E-state index is -0.231. The molecular formula is C25H26N2O5S. The van der Waals surface area contributed by atoms with Crippen molar-refractivity contribution in [1.29, 1.82) is 0 Å². The van der Waals surface area contributed by atoms with Crippen molar-refractivity contribution < 1.29 is 23.5 Å². The highest BCUT2D eigenvalue weighted by Gasteiger charge is 2.38. The highest BCUT2D eigenvalue weighted by atomic mass is 32.1. The molecule has 7 nitrogen and oxygen atoms in total. The summed E-state index contributed by atoms with van der Waals surface area (Å²) in [7, 11) is 1.61. The number of carbonyl (C=O) groups is 2. The normalized spacial score (nSPS) is 17.4. The number of para-hydroxylation sites is 2. The van der Waals surface area contributed by atoms with Gasteiger partial charge < -0.3 is 23.7 Å². The van der Waals surface area contributed by atoms with Crippen LogP contribution in [0, 0.1) is 0 Å². The minimum Gasteiger partial charge on any atom is -0.493 e. The van der Waals surface area contributed by atoms with Gasteiger partial charge in [0.15, 0.2) is 17.3 Å². The maximum Gasteiger partial charge on any atom is 0.290 e. The Morgan fingerprint density at radius 3 is 2.70 bits per heavy atom. The summed E-state index contributed by atoms with van der Waals surface area (Å²) in [6, 6.07) is 12.8. The summed E-state index contributed by atoms with van der Waals surface area (Å²) in [6.45, 7) is 0.944. The molecule has 5 rings (SSSR count). The molecule has 1 aromatic carbocycles. The van der Waals surface area contributed by atoms with E-state index in [-0.39, 0.29) is 36.2 Å². The van der Waals surface area contributed by atoms with Crippen LogP contribution in [0.3, 0.4) is 0 Å². The SMILES string of the molecule is COc1ccccc1OCC1c2ccsc2CCN1C(=O)CN(C(=O)c1ccco1)C1CC1. The van der Waals surface area contributed by atoms with E-state index in [0.29, 0.717) is 24.7 Å². The molecule has 1 aliphatic heterocycles. The topological polar surface area (TPSA) is 72.2 Å². The van der Waals surface area contributed by atoms with Crippen LogP contribution >= 0.6 is 11.3 Å². The highest BCUT2D eigenvalue weighted by molar-refractivity contribution is 7.10. The van der Waals surface area contributed by atoms with E-state index in [1.54, 1.807) is 35.5 Å². The zero-order chi connectivity index (χ0) is 22.8. The Hall–Kier alpha value is -3.26. The third kappa shape index (κ3) is 4.48. The lowest BCUT2D eigenvalue weighted by molar-refractivity contribution is -0.135. The summed E-state index contributed by atoms with van der Waals surface area (Å²) in [4.78, 5) is 31.3. The van der Waals surface area contributed by atoms with E-state index in [9.17, 15) is 9.59 Å². The van der Waals surface area contributed by atoms with Crippen LogP contribution in [0.15, 0.2) is 58.5 Å². The third-order valence-electron chi connectivity index (χ3n) is 6.17.